The molecule has 0 spiro atoms. The van der Waals surface area contributed by atoms with Gasteiger partial charge in [-0.3, -0.25) is 4.79 Å². The van der Waals surface area contributed by atoms with Crippen molar-refractivity contribution in [2.75, 3.05) is 51.7 Å². The van der Waals surface area contributed by atoms with Crippen LogP contribution >= 0.6 is 11.6 Å². The smallest absolute Gasteiger partial charge is 0.238 e. The van der Waals surface area contributed by atoms with Gasteiger partial charge < -0.3 is 29.4 Å². The molecule has 1 unspecified atom stereocenters. The first-order chi connectivity index (χ1) is 16.4. The van der Waals surface area contributed by atoms with Crippen molar-refractivity contribution in [3.05, 3.63) is 47.1 Å². The Morgan fingerprint density at radius 2 is 1.94 bits per heavy atom. The van der Waals surface area contributed by atoms with Crippen LogP contribution in [0.15, 0.2) is 36.5 Å². The van der Waals surface area contributed by atoms with E-state index in [0.29, 0.717) is 45.2 Å². The van der Waals surface area contributed by atoms with E-state index in [1.54, 1.807) is 55.5 Å². The molecule has 190 valence electrons. The van der Waals surface area contributed by atoms with Gasteiger partial charge >= 0.3 is 0 Å². The molecule has 35 heavy (non-hydrogen) atoms. The third kappa shape index (κ3) is 6.19. The van der Waals surface area contributed by atoms with E-state index in [9.17, 15) is 18.3 Å². The second-order valence-electron chi connectivity index (χ2n) is 8.48. The lowest BCUT2D eigenvalue weighted by atomic mass is 10.1. The van der Waals surface area contributed by atoms with Gasteiger partial charge in [0.2, 0.25) is 11.8 Å². The van der Waals surface area contributed by atoms with E-state index in [1.165, 1.54) is 11.7 Å². The molecule has 0 aliphatic heterocycles. The van der Waals surface area contributed by atoms with E-state index < -0.39 is 15.9 Å². The summed E-state index contributed by atoms with van der Waals surface area (Å²) in [6.07, 6.45) is 2.72. The van der Waals surface area contributed by atoms with Crippen LogP contribution in [0.25, 0.3) is 10.8 Å². The zero-order chi connectivity index (χ0) is 25.9. The largest absolute Gasteiger partial charge is 0.494 e. The highest BCUT2D eigenvalue weighted by atomic mass is 35.5. The lowest BCUT2D eigenvalue weighted by Crippen LogP contribution is -2.27. The highest BCUT2D eigenvalue weighted by Gasteiger charge is 2.26. The number of methoxy groups -OCH3 is 1. The Morgan fingerprint density at radius 3 is 2.54 bits per heavy atom. The summed E-state index contributed by atoms with van der Waals surface area (Å²) in [5.74, 6) is 0.181. The molecule has 2 aromatic carbocycles. The van der Waals surface area contributed by atoms with Crippen LogP contribution < -0.4 is 14.8 Å². The molecule has 0 saturated carbocycles. The molecule has 3 aromatic rings. The SMILES string of the molecule is CCOc1cc(C(CS(C)(=O)=O)n2cc3c(Cl)ccc(NC(=O)CN(C)C)c3c2O)ccc1OC. The third-order valence-electron chi connectivity index (χ3n) is 5.33. The first-order valence-corrected chi connectivity index (χ1v) is 13.3. The fourth-order valence-corrected chi connectivity index (χ4v) is 5.03. The number of carbonyl (C=O) groups excluding carboxylic acids is 1. The Morgan fingerprint density at radius 1 is 1.23 bits per heavy atom. The average molecular weight is 524 g/mol. The van der Waals surface area contributed by atoms with Crippen molar-refractivity contribution >= 4 is 43.8 Å². The topological polar surface area (TPSA) is 110 Å². The molecule has 1 amide bonds. The summed E-state index contributed by atoms with van der Waals surface area (Å²) < 4.78 is 37.3. The number of nitrogens with one attached hydrogen (secondary N) is 1. The maximum Gasteiger partial charge on any atom is 0.238 e. The number of aromatic nitrogens is 1. The van der Waals surface area contributed by atoms with Gasteiger partial charge in [-0.25, -0.2) is 8.42 Å². The van der Waals surface area contributed by atoms with Crippen molar-refractivity contribution < 1.29 is 27.8 Å². The number of nitrogens with zero attached hydrogens (tertiary/aromatic N) is 2. The van der Waals surface area contributed by atoms with Gasteiger partial charge in [-0.05, 0) is 50.8 Å². The van der Waals surface area contributed by atoms with Crippen LogP contribution in [0.4, 0.5) is 5.69 Å². The zero-order valence-electron chi connectivity index (χ0n) is 20.3. The van der Waals surface area contributed by atoms with Crippen molar-refractivity contribution in [2.24, 2.45) is 0 Å². The number of amides is 1. The normalized spacial score (nSPS) is 12.7. The summed E-state index contributed by atoms with van der Waals surface area (Å²) in [7, 11) is 1.58. The van der Waals surface area contributed by atoms with Crippen molar-refractivity contribution in [1.82, 2.24) is 9.47 Å². The molecule has 1 aromatic heterocycles. The molecule has 11 heteroatoms. The van der Waals surface area contributed by atoms with Gasteiger partial charge in [0.1, 0.15) is 9.84 Å². The van der Waals surface area contributed by atoms with Crippen LogP contribution in [-0.4, -0.2) is 75.3 Å². The zero-order valence-corrected chi connectivity index (χ0v) is 21.9. The molecule has 0 aliphatic carbocycles. The number of likely N-dealkylation sites (N-methyl/N-ethyl adjacent to an activating group) is 1. The maximum atomic E-state index is 12.4. The number of hydrogen-bond acceptors (Lipinski definition) is 7. The summed E-state index contributed by atoms with van der Waals surface area (Å²) in [5.41, 5.74) is 0.958. The van der Waals surface area contributed by atoms with E-state index >= 15 is 0 Å². The molecule has 9 nitrogen and oxygen atoms in total. The van der Waals surface area contributed by atoms with Gasteiger partial charge in [-0.1, -0.05) is 17.7 Å². The van der Waals surface area contributed by atoms with E-state index in [2.05, 4.69) is 5.32 Å². The molecule has 2 N–H and O–H groups in total. The van der Waals surface area contributed by atoms with Crippen LogP contribution in [0.3, 0.4) is 0 Å². The summed E-state index contributed by atoms with van der Waals surface area (Å²) in [4.78, 5) is 14.1. The predicted octanol–water partition coefficient (Wildman–Crippen LogP) is 3.54. The monoisotopic (exact) mass is 523 g/mol. The van der Waals surface area contributed by atoms with Crippen molar-refractivity contribution in [1.29, 1.82) is 0 Å². The highest BCUT2D eigenvalue weighted by molar-refractivity contribution is 7.90. The van der Waals surface area contributed by atoms with Crippen LogP contribution in [0.5, 0.6) is 17.4 Å². The quantitative estimate of drug-likeness (QED) is 0.418. The number of sulfone groups is 1. The second kappa shape index (κ2) is 10.8. The van der Waals surface area contributed by atoms with Gasteiger partial charge in [0.05, 0.1) is 48.2 Å². The standard InChI is InChI=1S/C24H30ClN3O6S/c1-6-34-21-11-15(7-10-20(21)33-4)19(14-35(5,31)32)28-12-16-17(25)8-9-18(23(16)24(28)30)26-22(29)13-27(2)3/h7-12,19,30H,6,13-14H2,1-5H3,(H,26,29). The van der Waals surface area contributed by atoms with E-state index in [1.807, 2.05) is 6.92 Å². The lowest BCUT2D eigenvalue weighted by molar-refractivity contribution is -0.116. The summed E-state index contributed by atoms with van der Waals surface area (Å²) in [6, 6.07) is 7.53. The Balaban J connectivity index is 2.19. The number of aromatic hydroxyl groups is 1. The van der Waals surface area contributed by atoms with Crippen LogP contribution in [-0.2, 0) is 14.6 Å². The van der Waals surface area contributed by atoms with Gasteiger partial charge in [-0.2, -0.15) is 0 Å². The number of rotatable bonds is 10. The molecule has 1 heterocycles. The number of ether oxygens (including phenoxy) is 2. The summed E-state index contributed by atoms with van der Waals surface area (Å²) in [5, 5.41) is 15.2. The highest BCUT2D eigenvalue weighted by Crippen LogP contribution is 2.42. The molecule has 1 atom stereocenters. The molecule has 3 rings (SSSR count). The third-order valence-corrected chi connectivity index (χ3v) is 6.58. The first-order valence-electron chi connectivity index (χ1n) is 10.9. The van der Waals surface area contributed by atoms with Crippen LogP contribution in [0.1, 0.15) is 18.5 Å². The number of anilines is 1. The number of halogens is 1. The maximum absolute atomic E-state index is 12.4. The molecule has 0 aliphatic rings. The summed E-state index contributed by atoms with van der Waals surface area (Å²) >= 11 is 6.42. The molecular formula is C24H30ClN3O6S. The van der Waals surface area contributed by atoms with Crippen molar-refractivity contribution in [3.63, 3.8) is 0 Å². The minimum atomic E-state index is -3.48. The Kier molecular flexibility index (Phi) is 8.19. The second-order valence-corrected chi connectivity index (χ2v) is 11.1. The van der Waals surface area contributed by atoms with Crippen LogP contribution in [0, 0.1) is 0 Å². The van der Waals surface area contributed by atoms with Crippen molar-refractivity contribution in [3.8, 4) is 17.4 Å². The molecule has 0 radical (unpaired) electrons. The number of carbonyl (C=O) groups is 1. The molecule has 0 fully saturated rings. The minimum Gasteiger partial charge on any atom is -0.494 e. The summed E-state index contributed by atoms with van der Waals surface area (Å²) in [6.45, 7) is 2.37. The Bertz CT molecular complexity index is 1340. The molecule has 0 bridgehead atoms. The Labute approximate surface area is 210 Å². The minimum absolute atomic E-state index is 0.147. The van der Waals surface area contributed by atoms with E-state index in [0.717, 1.165) is 6.26 Å². The molecular weight excluding hydrogens is 494 g/mol. The fraction of sp³-hybridized carbons (Fsp3) is 0.375. The lowest BCUT2D eigenvalue weighted by Gasteiger charge is -2.21. The van der Waals surface area contributed by atoms with Gasteiger partial charge in [0.15, 0.2) is 11.5 Å². The Hall–Kier alpha value is -2.95. The van der Waals surface area contributed by atoms with Gasteiger partial charge in [-0.15, -0.1) is 0 Å². The molecule has 0 saturated heterocycles. The van der Waals surface area contributed by atoms with E-state index in [4.69, 9.17) is 21.1 Å². The van der Waals surface area contributed by atoms with E-state index in [-0.39, 0.29) is 24.1 Å². The predicted molar refractivity (Wildman–Crippen MR) is 138 cm³/mol. The number of fused-ring (bicyclic) bond motifs is 1. The number of benzene rings is 2. The fourth-order valence-electron chi connectivity index (χ4n) is 3.90. The first kappa shape index (κ1) is 26.7. The van der Waals surface area contributed by atoms with Gasteiger partial charge in [0, 0.05) is 17.8 Å². The van der Waals surface area contributed by atoms with Crippen molar-refractivity contribution in [2.45, 2.75) is 13.0 Å². The number of hydrogen-bond donors (Lipinski definition) is 2. The van der Waals surface area contributed by atoms with Crippen LogP contribution in [0.2, 0.25) is 5.02 Å². The average Bonchev–Trinajstić information content (AvgIpc) is 3.11. The van der Waals surface area contributed by atoms with Gasteiger partial charge in [0.25, 0.3) is 0 Å².